The lowest BCUT2D eigenvalue weighted by atomic mass is 9.71. The number of carbonyl (C=O) groups excluding carboxylic acids is 2. The van der Waals surface area contributed by atoms with Crippen molar-refractivity contribution < 1.29 is 9.59 Å². The predicted octanol–water partition coefficient (Wildman–Crippen LogP) is 1.52. The molecule has 80 valence electrons. The number of Topliss-reactive ketones (excluding diaryl/α,β-unsaturated/α-hetero) is 1. The van der Waals surface area contributed by atoms with Gasteiger partial charge >= 0.3 is 0 Å². The van der Waals surface area contributed by atoms with E-state index >= 15 is 0 Å². The van der Waals surface area contributed by atoms with Crippen molar-refractivity contribution in [1.29, 1.82) is 0 Å². The summed E-state index contributed by atoms with van der Waals surface area (Å²) in [5.74, 6) is 0.0679. The van der Waals surface area contributed by atoms with Gasteiger partial charge in [0.25, 0.3) is 0 Å². The number of carbonyl (C=O) groups is 2. The smallest absolute Gasteiger partial charge is 0.224 e. The second-order valence-corrected chi connectivity index (χ2v) is 5.14. The Hall–Kier alpha value is -0.860. The summed E-state index contributed by atoms with van der Waals surface area (Å²) in [5.41, 5.74) is -0.200. The first-order valence-corrected chi connectivity index (χ1v) is 5.14. The molecular formula is C11H19NO2. The van der Waals surface area contributed by atoms with Gasteiger partial charge in [-0.25, -0.2) is 0 Å². The van der Waals surface area contributed by atoms with E-state index in [1.807, 2.05) is 20.8 Å². The van der Waals surface area contributed by atoms with Gasteiger partial charge in [0.15, 0.2) is 0 Å². The van der Waals surface area contributed by atoms with E-state index in [2.05, 4.69) is 5.32 Å². The molecule has 1 rings (SSSR count). The molecule has 1 saturated carbocycles. The van der Waals surface area contributed by atoms with Crippen molar-refractivity contribution >= 4 is 11.7 Å². The Balaban J connectivity index is 2.51. The zero-order valence-corrected chi connectivity index (χ0v) is 9.39. The van der Waals surface area contributed by atoms with E-state index in [-0.39, 0.29) is 29.1 Å². The quantitative estimate of drug-likeness (QED) is 0.729. The molecule has 1 amide bonds. The van der Waals surface area contributed by atoms with E-state index in [9.17, 15) is 9.59 Å². The minimum atomic E-state index is -0.200. The maximum atomic E-state index is 11.7. The number of amides is 1. The highest BCUT2D eigenvalue weighted by Gasteiger charge is 2.40. The van der Waals surface area contributed by atoms with Gasteiger partial charge in [-0.05, 0) is 40.5 Å². The van der Waals surface area contributed by atoms with Crippen LogP contribution in [0.3, 0.4) is 0 Å². The lowest BCUT2D eigenvalue weighted by molar-refractivity contribution is -0.139. The molecule has 0 aromatic carbocycles. The number of hydrogen-bond donors (Lipinski definition) is 1. The molecule has 14 heavy (non-hydrogen) atoms. The molecular weight excluding hydrogens is 178 g/mol. The van der Waals surface area contributed by atoms with Crippen LogP contribution in [0.5, 0.6) is 0 Å². The predicted molar refractivity (Wildman–Crippen MR) is 54.8 cm³/mol. The zero-order valence-electron chi connectivity index (χ0n) is 9.39. The van der Waals surface area contributed by atoms with E-state index in [0.717, 1.165) is 12.8 Å². The van der Waals surface area contributed by atoms with Crippen molar-refractivity contribution in [3.63, 3.8) is 0 Å². The number of ketones is 1. The van der Waals surface area contributed by atoms with E-state index in [1.54, 1.807) is 6.92 Å². The van der Waals surface area contributed by atoms with Crippen LogP contribution in [0.1, 0.15) is 40.5 Å². The van der Waals surface area contributed by atoms with Gasteiger partial charge in [-0.3, -0.25) is 9.59 Å². The van der Waals surface area contributed by atoms with E-state index < -0.39 is 0 Å². The largest absolute Gasteiger partial charge is 0.351 e. The molecule has 0 heterocycles. The SMILES string of the molecule is CC(=O)[C@@H]1CC[C@H]1C(=O)NC(C)(C)C. The van der Waals surface area contributed by atoms with Gasteiger partial charge in [-0.1, -0.05) is 0 Å². The molecule has 0 saturated heterocycles. The first kappa shape index (κ1) is 11.2. The lowest BCUT2D eigenvalue weighted by Gasteiger charge is -2.35. The van der Waals surface area contributed by atoms with Gasteiger partial charge in [0, 0.05) is 17.4 Å². The van der Waals surface area contributed by atoms with Crippen LogP contribution in [0.4, 0.5) is 0 Å². The summed E-state index contributed by atoms with van der Waals surface area (Å²) < 4.78 is 0. The van der Waals surface area contributed by atoms with Crippen molar-refractivity contribution in [2.45, 2.75) is 46.1 Å². The summed E-state index contributed by atoms with van der Waals surface area (Å²) in [4.78, 5) is 22.8. The number of rotatable bonds is 2. The summed E-state index contributed by atoms with van der Waals surface area (Å²) in [5, 5.41) is 2.91. The molecule has 0 aromatic rings. The highest BCUT2D eigenvalue weighted by molar-refractivity contribution is 5.89. The van der Waals surface area contributed by atoms with Crippen molar-refractivity contribution in [2.24, 2.45) is 11.8 Å². The third-order valence-electron chi connectivity index (χ3n) is 2.63. The molecule has 0 bridgehead atoms. The van der Waals surface area contributed by atoms with Crippen LogP contribution in [-0.4, -0.2) is 17.2 Å². The van der Waals surface area contributed by atoms with Crippen molar-refractivity contribution in [2.75, 3.05) is 0 Å². The minimum Gasteiger partial charge on any atom is -0.351 e. The molecule has 0 aliphatic heterocycles. The Bertz CT molecular complexity index is 253. The third-order valence-corrected chi connectivity index (χ3v) is 2.63. The van der Waals surface area contributed by atoms with Gasteiger partial charge in [0.1, 0.15) is 5.78 Å². The molecule has 0 radical (unpaired) electrons. The normalized spacial score (nSPS) is 26.6. The second-order valence-electron chi connectivity index (χ2n) is 5.14. The van der Waals surface area contributed by atoms with Crippen LogP contribution in [-0.2, 0) is 9.59 Å². The van der Waals surface area contributed by atoms with Crippen LogP contribution >= 0.6 is 0 Å². The van der Waals surface area contributed by atoms with Crippen LogP contribution in [0.2, 0.25) is 0 Å². The molecule has 1 fully saturated rings. The molecule has 0 spiro atoms. The second kappa shape index (κ2) is 3.71. The monoisotopic (exact) mass is 197 g/mol. The van der Waals surface area contributed by atoms with Gasteiger partial charge < -0.3 is 5.32 Å². The van der Waals surface area contributed by atoms with E-state index in [0.29, 0.717) is 0 Å². The summed E-state index contributed by atoms with van der Waals surface area (Å²) in [6, 6.07) is 0. The Labute approximate surface area is 85.3 Å². The van der Waals surface area contributed by atoms with Crippen LogP contribution < -0.4 is 5.32 Å². The molecule has 1 N–H and O–H groups in total. The summed E-state index contributed by atoms with van der Waals surface area (Å²) in [6.45, 7) is 7.42. The number of nitrogens with one attached hydrogen (secondary N) is 1. The summed E-state index contributed by atoms with van der Waals surface area (Å²) >= 11 is 0. The van der Waals surface area contributed by atoms with Crippen molar-refractivity contribution in [1.82, 2.24) is 5.32 Å². The molecule has 0 aromatic heterocycles. The standard InChI is InChI=1S/C11H19NO2/c1-7(13)8-5-6-9(8)10(14)12-11(2,3)4/h8-9H,5-6H2,1-4H3,(H,12,14)/t8-,9+/m0/s1. The Morgan fingerprint density at radius 1 is 1.14 bits per heavy atom. The van der Waals surface area contributed by atoms with Gasteiger partial charge in [0.2, 0.25) is 5.91 Å². The van der Waals surface area contributed by atoms with Crippen LogP contribution in [0.25, 0.3) is 0 Å². The fourth-order valence-electron chi connectivity index (χ4n) is 1.76. The molecule has 1 aliphatic rings. The maximum Gasteiger partial charge on any atom is 0.224 e. The Morgan fingerprint density at radius 2 is 1.64 bits per heavy atom. The lowest BCUT2D eigenvalue weighted by Crippen LogP contribution is -2.49. The van der Waals surface area contributed by atoms with Gasteiger partial charge in [-0.15, -0.1) is 0 Å². The fraction of sp³-hybridized carbons (Fsp3) is 0.818. The first-order valence-electron chi connectivity index (χ1n) is 5.14. The molecule has 0 unspecified atom stereocenters. The highest BCUT2D eigenvalue weighted by Crippen LogP contribution is 2.35. The Morgan fingerprint density at radius 3 is 1.93 bits per heavy atom. The van der Waals surface area contributed by atoms with E-state index in [1.165, 1.54) is 0 Å². The average molecular weight is 197 g/mol. The summed E-state index contributed by atoms with van der Waals surface area (Å²) in [7, 11) is 0. The topological polar surface area (TPSA) is 46.2 Å². The minimum absolute atomic E-state index is 0.0302. The molecule has 3 nitrogen and oxygen atoms in total. The molecule has 1 aliphatic carbocycles. The molecule has 2 atom stereocenters. The maximum absolute atomic E-state index is 11.7. The van der Waals surface area contributed by atoms with Crippen LogP contribution in [0, 0.1) is 11.8 Å². The third kappa shape index (κ3) is 2.56. The summed E-state index contributed by atoms with van der Waals surface area (Å²) in [6.07, 6.45) is 1.73. The average Bonchev–Trinajstić information content (AvgIpc) is 1.75. The van der Waals surface area contributed by atoms with Gasteiger partial charge in [-0.2, -0.15) is 0 Å². The molecule has 3 heteroatoms. The zero-order chi connectivity index (χ0) is 10.9. The van der Waals surface area contributed by atoms with Gasteiger partial charge in [0.05, 0.1) is 0 Å². The van der Waals surface area contributed by atoms with Crippen molar-refractivity contribution in [3.8, 4) is 0 Å². The number of hydrogen-bond acceptors (Lipinski definition) is 2. The Kier molecular flexibility index (Phi) is 2.98. The fourth-order valence-corrected chi connectivity index (χ4v) is 1.76. The highest BCUT2D eigenvalue weighted by atomic mass is 16.2. The first-order chi connectivity index (χ1) is 6.31. The van der Waals surface area contributed by atoms with Crippen molar-refractivity contribution in [3.05, 3.63) is 0 Å². The van der Waals surface area contributed by atoms with E-state index in [4.69, 9.17) is 0 Å². The van der Waals surface area contributed by atoms with Crippen LogP contribution in [0.15, 0.2) is 0 Å².